The molecule has 0 saturated heterocycles. The number of nitrogens with zero attached hydrogens (tertiary/aromatic N) is 1. The Morgan fingerprint density at radius 1 is 1.57 bits per heavy atom. The van der Waals surface area contributed by atoms with Crippen LogP contribution < -0.4 is 4.74 Å². The Hall–Kier alpha value is -1.10. The number of pyridine rings is 1. The Bertz CT molecular complexity index is 341. The molecule has 0 amide bonds. The number of ether oxygens (including phenoxy) is 2. The van der Waals surface area contributed by atoms with Crippen LogP contribution in [0.5, 0.6) is 5.88 Å². The molecule has 1 rings (SSSR count). The normalized spacial score (nSPS) is 9.64. The van der Waals surface area contributed by atoms with E-state index in [4.69, 9.17) is 9.47 Å². The van der Waals surface area contributed by atoms with E-state index in [1.54, 1.807) is 13.0 Å². The first-order chi connectivity index (χ1) is 6.67. The fourth-order valence-corrected chi connectivity index (χ4v) is 1.33. The number of carbonyl (C=O) groups is 1. The summed E-state index contributed by atoms with van der Waals surface area (Å²) < 4.78 is 10.3. The van der Waals surface area contributed by atoms with Gasteiger partial charge in [0.2, 0.25) is 5.88 Å². The molecular formula is C9H10BrNO3. The second kappa shape index (κ2) is 4.95. The first kappa shape index (κ1) is 11.0. The minimum atomic E-state index is -0.381. The standard InChI is InChI=1S/C9H10BrNO3/c1-3-14-9(12)6-4-7(10)11-8(5-6)13-2/h4-5H,3H2,1-2H3. The van der Waals surface area contributed by atoms with Gasteiger partial charge in [0.15, 0.2) is 0 Å². The van der Waals surface area contributed by atoms with Crippen molar-refractivity contribution in [1.29, 1.82) is 0 Å². The molecule has 0 aliphatic carbocycles. The Morgan fingerprint density at radius 3 is 2.86 bits per heavy atom. The van der Waals surface area contributed by atoms with Crippen molar-refractivity contribution in [2.45, 2.75) is 6.92 Å². The summed E-state index contributed by atoms with van der Waals surface area (Å²) in [5.74, 6) is -0.00340. The number of hydrogen-bond acceptors (Lipinski definition) is 4. The van der Waals surface area contributed by atoms with Crippen molar-refractivity contribution < 1.29 is 14.3 Å². The summed E-state index contributed by atoms with van der Waals surface area (Å²) in [7, 11) is 1.49. The number of hydrogen-bond donors (Lipinski definition) is 0. The average Bonchev–Trinajstić information content (AvgIpc) is 2.17. The van der Waals surface area contributed by atoms with Gasteiger partial charge in [-0.3, -0.25) is 0 Å². The highest BCUT2D eigenvalue weighted by Gasteiger charge is 2.09. The molecule has 0 aliphatic rings. The van der Waals surface area contributed by atoms with E-state index in [9.17, 15) is 4.79 Å². The summed E-state index contributed by atoms with van der Waals surface area (Å²) in [4.78, 5) is 15.3. The van der Waals surface area contributed by atoms with Gasteiger partial charge >= 0.3 is 5.97 Å². The van der Waals surface area contributed by atoms with Crippen LogP contribution in [0.1, 0.15) is 17.3 Å². The van der Waals surface area contributed by atoms with E-state index in [-0.39, 0.29) is 5.97 Å². The third kappa shape index (κ3) is 2.70. The first-order valence-corrected chi connectivity index (χ1v) is 4.85. The molecule has 5 heteroatoms. The highest BCUT2D eigenvalue weighted by Crippen LogP contribution is 2.17. The molecule has 0 saturated carbocycles. The summed E-state index contributed by atoms with van der Waals surface area (Å²) >= 11 is 3.17. The Balaban J connectivity index is 2.96. The zero-order valence-corrected chi connectivity index (χ0v) is 9.50. The number of aromatic nitrogens is 1. The number of methoxy groups -OCH3 is 1. The molecule has 1 aromatic heterocycles. The van der Waals surface area contributed by atoms with E-state index in [0.717, 1.165) is 0 Å². The molecule has 1 heterocycles. The maximum absolute atomic E-state index is 11.3. The summed E-state index contributed by atoms with van der Waals surface area (Å²) in [6, 6.07) is 3.11. The fraction of sp³-hybridized carbons (Fsp3) is 0.333. The molecule has 0 N–H and O–H groups in total. The number of carbonyl (C=O) groups excluding carboxylic acids is 1. The van der Waals surface area contributed by atoms with Crippen molar-refractivity contribution in [1.82, 2.24) is 4.98 Å². The van der Waals surface area contributed by atoms with Gasteiger partial charge in [0.05, 0.1) is 19.3 Å². The highest BCUT2D eigenvalue weighted by molar-refractivity contribution is 9.10. The van der Waals surface area contributed by atoms with Crippen LogP contribution in [0, 0.1) is 0 Å². The molecule has 14 heavy (non-hydrogen) atoms. The minimum Gasteiger partial charge on any atom is -0.481 e. The largest absolute Gasteiger partial charge is 0.481 e. The SMILES string of the molecule is CCOC(=O)c1cc(Br)nc(OC)c1. The second-order valence-corrected chi connectivity index (χ2v) is 3.25. The van der Waals surface area contributed by atoms with Crippen molar-refractivity contribution in [3.8, 4) is 5.88 Å². The van der Waals surface area contributed by atoms with Gasteiger partial charge in [-0.25, -0.2) is 9.78 Å². The third-order valence-electron chi connectivity index (χ3n) is 1.49. The maximum atomic E-state index is 11.3. The van der Waals surface area contributed by atoms with Gasteiger partial charge in [-0.15, -0.1) is 0 Å². The fourth-order valence-electron chi connectivity index (χ4n) is 0.910. The summed E-state index contributed by atoms with van der Waals surface area (Å²) in [5.41, 5.74) is 0.422. The Kier molecular flexibility index (Phi) is 3.88. The Labute approximate surface area is 90.4 Å². The van der Waals surface area contributed by atoms with Crippen molar-refractivity contribution in [2.75, 3.05) is 13.7 Å². The van der Waals surface area contributed by atoms with E-state index in [1.807, 2.05) is 0 Å². The molecular weight excluding hydrogens is 250 g/mol. The van der Waals surface area contributed by atoms with Gasteiger partial charge in [-0.2, -0.15) is 0 Å². The molecule has 0 atom stereocenters. The van der Waals surface area contributed by atoms with E-state index in [0.29, 0.717) is 22.7 Å². The lowest BCUT2D eigenvalue weighted by atomic mass is 10.3. The molecule has 4 nitrogen and oxygen atoms in total. The zero-order valence-electron chi connectivity index (χ0n) is 7.91. The van der Waals surface area contributed by atoms with Crippen LogP contribution >= 0.6 is 15.9 Å². The van der Waals surface area contributed by atoms with E-state index in [2.05, 4.69) is 20.9 Å². The Morgan fingerprint density at radius 2 is 2.29 bits per heavy atom. The first-order valence-electron chi connectivity index (χ1n) is 4.06. The van der Waals surface area contributed by atoms with E-state index >= 15 is 0 Å². The molecule has 76 valence electrons. The zero-order chi connectivity index (χ0) is 10.6. The van der Waals surface area contributed by atoms with Crippen molar-refractivity contribution in [3.05, 3.63) is 22.3 Å². The van der Waals surface area contributed by atoms with Crippen molar-refractivity contribution in [2.24, 2.45) is 0 Å². The molecule has 0 spiro atoms. The quantitative estimate of drug-likeness (QED) is 0.616. The number of rotatable bonds is 3. The topological polar surface area (TPSA) is 48.4 Å². The second-order valence-electron chi connectivity index (χ2n) is 2.44. The molecule has 0 unspecified atom stereocenters. The van der Waals surface area contributed by atoms with Gasteiger partial charge in [0.1, 0.15) is 4.60 Å². The summed E-state index contributed by atoms with van der Waals surface area (Å²) in [6.07, 6.45) is 0. The smallest absolute Gasteiger partial charge is 0.338 e. The highest BCUT2D eigenvalue weighted by atomic mass is 79.9. The van der Waals surface area contributed by atoms with Gasteiger partial charge in [-0.05, 0) is 28.9 Å². The molecule has 0 fully saturated rings. The van der Waals surface area contributed by atoms with E-state index in [1.165, 1.54) is 13.2 Å². The predicted octanol–water partition coefficient (Wildman–Crippen LogP) is 2.03. The minimum absolute atomic E-state index is 0.348. The predicted molar refractivity (Wildman–Crippen MR) is 54.4 cm³/mol. The monoisotopic (exact) mass is 259 g/mol. The average molecular weight is 260 g/mol. The lowest BCUT2D eigenvalue weighted by molar-refractivity contribution is 0.0525. The van der Waals surface area contributed by atoms with Crippen LogP contribution in [0.2, 0.25) is 0 Å². The van der Waals surface area contributed by atoms with Crippen LogP contribution in [0.3, 0.4) is 0 Å². The molecule has 0 aromatic carbocycles. The third-order valence-corrected chi connectivity index (χ3v) is 1.90. The number of esters is 1. The van der Waals surface area contributed by atoms with Gasteiger partial charge < -0.3 is 9.47 Å². The lowest BCUT2D eigenvalue weighted by Gasteiger charge is -2.04. The van der Waals surface area contributed by atoms with E-state index < -0.39 is 0 Å². The lowest BCUT2D eigenvalue weighted by Crippen LogP contribution is -2.05. The van der Waals surface area contributed by atoms with Crippen LogP contribution in [0.4, 0.5) is 0 Å². The maximum Gasteiger partial charge on any atom is 0.338 e. The van der Waals surface area contributed by atoms with Crippen molar-refractivity contribution in [3.63, 3.8) is 0 Å². The van der Waals surface area contributed by atoms with Crippen LogP contribution in [0.25, 0.3) is 0 Å². The van der Waals surface area contributed by atoms with Crippen molar-refractivity contribution >= 4 is 21.9 Å². The summed E-state index contributed by atoms with van der Waals surface area (Å²) in [5, 5.41) is 0. The summed E-state index contributed by atoms with van der Waals surface area (Å²) in [6.45, 7) is 2.10. The van der Waals surface area contributed by atoms with Gasteiger partial charge in [-0.1, -0.05) is 0 Å². The molecule has 0 bridgehead atoms. The van der Waals surface area contributed by atoms with Crippen LogP contribution in [0.15, 0.2) is 16.7 Å². The molecule has 1 aromatic rings. The van der Waals surface area contributed by atoms with Crippen LogP contribution in [-0.2, 0) is 4.74 Å². The van der Waals surface area contributed by atoms with Crippen LogP contribution in [-0.4, -0.2) is 24.7 Å². The van der Waals surface area contributed by atoms with Gasteiger partial charge in [0.25, 0.3) is 0 Å². The van der Waals surface area contributed by atoms with Gasteiger partial charge in [0, 0.05) is 6.07 Å². The molecule has 0 aliphatic heterocycles. The molecule has 0 radical (unpaired) electrons. The number of halogens is 1.